The number of carbonyl (C=O) groups is 1. The molecule has 0 radical (unpaired) electrons. The van der Waals surface area contributed by atoms with Crippen LogP contribution in [0.3, 0.4) is 0 Å². The molecule has 0 N–H and O–H groups in total. The molecule has 0 unspecified atom stereocenters. The highest BCUT2D eigenvalue weighted by molar-refractivity contribution is 7.90. The van der Waals surface area contributed by atoms with E-state index in [0.717, 1.165) is 10.2 Å². The van der Waals surface area contributed by atoms with E-state index in [1.807, 2.05) is 11.5 Å². The smallest absolute Gasteiger partial charge is 0.283 e. The Morgan fingerprint density at radius 2 is 2.04 bits per heavy atom. The van der Waals surface area contributed by atoms with Gasteiger partial charge in [-0.05, 0) is 37.3 Å². The van der Waals surface area contributed by atoms with Gasteiger partial charge in [0.25, 0.3) is 5.91 Å². The van der Waals surface area contributed by atoms with Crippen LogP contribution in [0.4, 0.5) is 0 Å². The van der Waals surface area contributed by atoms with Gasteiger partial charge in [-0.2, -0.15) is 4.99 Å². The molecule has 3 aromatic rings. The maximum Gasteiger partial charge on any atom is 0.283 e. The summed E-state index contributed by atoms with van der Waals surface area (Å²) in [7, 11) is -3.32. The molecule has 8 heteroatoms. The van der Waals surface area contributed by atoms with E-state index in [1.54, 1.807) is 48.5 Å². The minimum atomic E-state index is -3.32. The van der Waals surface area contributed by atoms with Gasteiger partial charge in [0, 0.05) is 12.8 Å². The molecule has 0 saturated carbocycles. The average molecular weight is 417 g/mol. The van der Waals surface area contributed by atoms with Crippen molar-refractivity contribution >= 4 is 37.3 Å². The van der Waals surface area contributed by atoms with Gasteiger partial charge in [0.15, 0.2) is 14.6 Å². The molecule has 0 aliphatic rings. The van der Waals surface area contributed by atoms with Crippen LogP contribution in [0.25, 0.3) is 10.2 Å². The second kappa shape index (κ2) is 8.12. The number of fused-ring (bicyclic) bond motifs is 1. The second-order valence-corrected chi connectivity index (χ2v) is 9.06. The van der Waals surface area contributed by atoms with Crippen molar-refractivity contribution in [3.05, 3.63) is 65.5 Å². The molecule has 0 atom stereocenters. The van der Waals surface area contributed by atoms with Crippen LogP contribution in [-0.4, -0.2) is 31.8 Å². The SMILES string of the molecule is C=CCn1c(=NC(=O)c2ccccc2OCC)sc2cc(S(C)(=O)=O)ccc21. The quantitative estimate of drug-likeness (QED) is 0.577. The number of rotatable bonds is 6. The highest BCUT2D eigenvalue weighted by Crippen LogP contribution is 2.23. The molecule has 0 fully saturated rings. The Morgan fingerprint density at radius 1 is 1.29 bits per heavy atom. The molecule has 0 aliphatic carbocycles. The van der Waals surface area contributed by atoms with Gasteiger partial charge in [-0.1, -0.05) is 29.5 Å². The Labute approximate surface area is 167 Å². The third-order valence-electron chi connectivity index (χ3n) is 4.01. The van der Waals surface area contributed by atoms with Crippen molar-refractivity contribution in [1.29, 1.82) is 0 Å². The van der Waals surface area contributed by atoms with Crippen molar-refractivity contribution in [3.8, 4) is 5.75 Å². The van der Waals surface area contributed by atoms with Gasteiger partial charge in [0.1, 0.15) is 5.75 Å². The van der Waals surface area contributed by atoms with Crippen LogP contribution in [0.5, 0.6) is 5.75 Å². The summed E-state index contributed by atoms with van der Waals surface area (Å²) in [5, 5.41) is 0. The van der Waals surface area contributed by atoms with Crippen molar-refractivity contribution < 1.29 is 17.9 Å². The number of allylic oxidation sites excluding steroid dienone is 1. The number of ether oxygens (including phenoxy) is 1. The summed E-state index contributed by atoms with van der Waals surface area (Å²) < 4.78 is 31.8. The molecule has 1 heterocycles. The summed E-state index contributed by atoms with van der Waals surface area (Å²) >= 11 is 1.26. The van der Waals surface area contributed by atoms with Crippen molar-refractivity contribution in [2.75, 3.05) is 12.9 Å². The van der Waals surface area contributed by atoms with Crippen LogP contribution in [0.1, 0.15) is 17.3 Å². The Bertz CT molecular complexity index is 1220. The summed E-state index contributed by atoms with van der Waals surface area (Å²) in [4.78, 5) is 17.8. The second-order valence-electron chi connectivity index (χ2n) is 6.03. The van der Waals surface area contributed by atoms with Crippen molar-refractivity contribution in [1.82, 2.24) is 4.57 Å². The maximum atomic E-state index is 12.8. The topological polar surface area (TPSA) is 77.7 Å². The van der Waals surface area contributed by atoms with Crippen LogP contribution in [0.15, 0.2) is 65.0 Å². The molecule has 1 amide bonds. The van der Waals surface area contributed by atoms with Gasteiger partial charge < -0.3 is 9.30 Å². The van der Waals surface area contributed by atoms with Gasteiger partial charge in [0.2, 0.25) is 0 Å². The van der Waals surface area contributed by atoms with E-state index in [0.29, 0.717) is 29.3 Å². The molecular formula is C20H20N2O4S2. The predicted molar refractivity (Wildman–Crippen MR) is 111 cm³/mol. The van der Waals surface area contributed by atoms with Crippen LogP contribution in [0.2, 0.25) is 0 Å². The van der Waals surface area contributed by atoms with Crippen LogP contribution in [0, 0.1) is 0 Å². The minimum absolute atomic E-state index is 0.228. The fourth-order valence-electron chi connectivity index (χ4n) is 2.75. The lowest BCUT2D eigenvalue weighted by atomic mass is 10.2. The fraction of sp³-hybridized carbons (Fsp3) is 0.200. The zero-order chi connectivity index (χ0) is 20.3. The first kappa shape index (κ1) is 20.0. The molecule has 0 bridgehead atoms. The van der Waals surface area contributed by atoms with E-state index in [9.17, 15) is 13.2 Å². The van der Waals surface area contributed by atoms with Gasteiger partial charge in [-0.3, -0.25) is 4.79 Å². The summed E-state index contributed by atoms with van der Waals surface area (Å²) in [6, 6.07) is 11.8. The summed E-state index contributed by atoms with van der Waals surface area (Å²) in [6.07, 6.45) is 2.87. The Morgan fingerprint density at radius 3 is 2.71 bits per heavy atom. The molecule has 2 aromatic carbocycles. The zero-order valence-corrected chi connectivity index (χ0v) is 17.2. The van der Waals surface area contributed by atoms with E-state index in [4.69, 9.17) is 4.74 Å². The number of thiazole rings is 1. The first-order valence-electron chi connectivity index (χ1n) is 8.60. The maximum absolute atomic E-state index is 12.8. The van der Waals surface area contributed by atoms with Crippen LogP contribution >= 0.6 is 11.3 Å². The average Bonchev–Trinajstić information content (AvgIpc) is 2.98. The van der Waals surface area contributed by atoms with E-state index >= 15 is 0 Å². The standard InChI is InChI=1S/C20H20N2O4S2/c1-4-12-22-16-11-10-14(28(3,24)25)13-18(16)27-20(22)21-19(23)15-8-6-7-9-17(15)26-5-2/h4,6-11,13H,1,5,12H2,2-3H3. The third kappa shape index (κ3) is 4.07. The van der Waals surface area contributed by atoms with Gasteiger partial charge in [-0.25, -0.2) is 8.42 Å². The number of carbonyl (C=O) groups excluding carboxylic acids is 1. The molecule has 0 aliphatic heterocycles. The predicted octanol–water partition coefficient (Wildman–Crippen LogP) is 3.43. The molecular weight excluding hydrogens is 396 g/mol. The normalized spacial score (nSPS) is 12.3. The summed E-state index contributed by atoms with van der Waals surface area (Å²) in [5.41, 5.74) is 1.17. The number of para-hydroxylation sites is 1. The highest BCUT2D eigenvalue weighted by Gasteiger charge is 2.14. The lowest BCUT2D eigenvalue weighted by Crippen LogP contribution is -2.16. The third-order valence-corrected chi connectivity index (χ3v) is 6.16. The van der Waals surface area contributed by atoms with Crippen molar-refractivity contribution in [3.63, 3.8) is 0 Å². The lowest BCUT2D eigenvalue weighted by molar-refractivity contribution is 0.0994. The number of nitrogens with zero attached hydrogens (tertiary/aromatic N) is 2. The molecule has 6 nitrogen and oxygen atoms in total. The van der Waals surface area contributed by atoms with Gasteiger partial charge in [0.05, 0.1) is 27.3 Å². The first-order chi connectivity index (χ1) is 13.3. The number of aromatic nitrogens is 1. The number of benzene rings is 2. The molecule has 0 saturated heterocycles. The fourth-order valence-corrected chi connectivity index (χ4v) is 4.55. The van der Waals surface area contributed by atoms with Gasteiger partial charge in [-0.15, -0.1) is 6.58 Å². The first-order valence-corrected chi connectivity index (χ1v) is 11.3. The summed E-state index contributed by atoms with van der Waals surface area (Å²) in [6.45, 7) is 6.49. The molecule has 3 rings (SSSR count). The van der Waals surface area contributed by atoms with Gasteiger partial charge >= 0.3 is 0 Å². The Balaban J connectivity index is 2.17. The monoisotopic (exact) mass is 416 g/mol. The largest absolute Gasteiger partial charge is 0.493 e. The van der Waals surface area contributed by atoms with E-state index in [1.165, 1.54) is 17.6 Å². The summed E-state index contributed by atoms with van der Waals surface area (Å²) in [5.74, 6) is 0.0613. The number of sulfone groups is 1. The lowest BCUT2D eigenvalue weighted by Gasteiger charge is -2.06. The van der Waals surface area contributed by atoms with E-state index < -0.39 is 15.7 Å². The molecule has 146 valence electrons. The van der Waals surface area contributed by atoms with E-state index in [-0.39, 0.29) is 4.90 Å². The van der Waals surface area contributed by atoms with Crippen LogP contribution in [-0.2, 0) is 16.4 Å². The number of hydrogen-bond donors (Lipinski definition) is 0. The van der Waals surface area contributed by atoms with E-state index in [2.05, 4.69) is 11.6 Å². The van der Waals surface area contributed by atoms with Crippen LogP contribution < -0.4 is 9.54 Å². The molecule has 0 spiro atoms. The number of amides is 1. The minimum Gasteiger partial charge on any atom is -0.493 e. The highest BCUT2D eigenvalue weighted by atomic mass is 32.2. The van der Waals surface area contributed by atoms with Crippen molar-refractivity contribution in [2.24, 2.45) is 4.99 Å². The number of hydrogen-bond acceptors (Lipinski definition) is 5. The Kier molecular flexibility index (Phi) is 5.81. The van der Waals surface area contributed by atoms with Crippen molar-refractivity contribution in [2.45, 2.75) is 18.4 Å². The Hall–Kier alpha value is -2.71. The zero-order valence-electron chi connectivity index (χ0n) is 15.6. The molecule has 28 heavy (non-hydrogen) atoms. The molecule has 1 aromatic heterocycles.